The number of ether oxygens (including phenoxy) is 1. The van der Waals surface area contributed by atoms with Crippen LogP contribution in [0, 0.1) is 0 Å². The lowest BCUT2D eigenvalue weighted by Crippen LogP contribution is -2.25. The van der Waals surface area contributed by atoms with Crippen LogP contribution in [0.1, 0.15) is 25.6 Å². The van der Waals surface area contributed by atoms with E-state index in [0.29, 0.717) is 18.8 Å². The number of benzene rings is 1. The van der Waals surface area contributed by atoms with Gasteiger partial charge in [-0.05, 0) is 18.6 Å². The van der Waals surface area contributed by atoms with Crippen molar-refractivity contribution in [1.82, 2.24) is 14.9 Å². The van der Waals surface area contributed by atoms with Gasteiger partial charge in [0.25, 0.3) is 0 Å². The summed E-state index contributed by atoms with van der Waals surface area (Å²) >= 11 is 0. The molecule has 0 saturated heterocycles. The Labute approximate surface area is 123 Å². The molecule has 1 amide bonds. The summed E-state index contributed by atoms with van der Waals surface area (Å²) in [5.41, 5.74) is 1.64. The first kappa shape index (κ1) is 15.0. The van der Waals surface area contributed by atoms with Gasteiger partial charge in [0.1, 0.15) is 12.4 Å². The first-order chi connectivity index (χ1) is 10.2. The molecule has 6 nitrogen and oxygen atoms in total. The molecule has 21 heavy (non-hydrogen) atoms. The van der Waals surface area contributed by atoms with Crippen molar-refractivity contribution >= 4 is 22.9 Å². The predicted octanol–water partition coefficient (Wildman–Crippen LogP) is 1.63. The molecular formula is C15H19N3O3. The van der Waals surface area contributed by atoms with E-state index < -0.39 is 0 Å². The lowest BCUT2D eigenvalue weighted by atomic mass is 10.3. The van der Waals surface area contributed by atoms with Crippen LogP contribution >= 0.6 is 0 Å². The standard InChI is InChI=1S/C15H19N3O3/c1-3-6-14(19)16-9-13-17-11-7-4-5-8-12(11)18(13)10-15(20)21-2/h4-5,7-8H,3,6,9-10H2,1-2H3,(H,16,19). The van der Waals surface area contributed by atoms with Crippen LogP contribution in [-0.4, -0.2) is 28.5 Å². The second-order valence-electron chi connectivity index (χ2n) is 4.71. The SMILES string of the molecule is CCCC(=O)NCc1nc2ccccc2n1CC(=O)OC. The van der Waals surface area contributed by atoms with Crippen LogP contribution in [0.2, 0.25) is 0 Å². The fourth-order valence-electron chi connectivity index (χ4n) is 2.12. The third-order valence-electron chi connectivity index (χ3n) is 3.17. The van der Waals surface area contributed by atoms with Crippen molar-refractivity contribution in [2.75, 3.05) is 7.11 Å². The molecule has 1 heterocycles. The Morgan fingerprint density at radius 3 is 2.81 bits per heavy atom. The van der Waals surface area contributed by atoms with Crippen LogP contribution in [0.4, 0.5) is 0 Å². The molecule has 0 radical (unpaired) electrons. The van der Waals surface area contributed by atoms with E-state index in [2.05, 4.69) is 10.3 Å². The monoisotopic (exact) mass is 289 g/mol. The number of carbonyl (C=O) groups excluding carboxylic acids is 2. The van der Waals surface area contributed by atoms with Crippen LogP contribution in [0.3, 0.4) is 0 Å². The molecule has 0 aliphatic carbocycles. The quantitative estimate of drug-likeness (QED) is 0.820. The van der Waals surface area contributed by atoms with Crippen molar-refractivity contribution in [3.05, 3.63) is 30.1 Å². The van der Waals surface area contributed by atoms with E-state index in [0.717, 1.165) is 17.5 Å². The highest BCUT2D eigenvalue weighted by Crippen LogP contribution is 2.16. The normalized spacial score (nSPS) is 10.6. The van der Waals surface area contributed by atoms with Crippen LogP contribution in [0.15, 0.2) is 24.3 Å². The van der Waals surface area contributed by atoms with Gasteiger partial charge in [0, 0.05) is 6.42 Å². The second kappa shape index (κ2) is 6.88. The number of fused-ring (bicyclic) bond motifs is 1. The van der Waals surface area contributed by atoms with E-state index in [1.165, 1.54) is 7.11 Å². The van der Waals surface area contributed by atoms with E-state index in [1.807, 2.05) is 31.2 Å². The van der Waals surface area contributed by atoms with Crippen LogP contribution in [0.5, 0.6) is 0 Å². The maximum Gasteiger partial charge on any atom is 0.325 e. The summed E-state index contributed by atoms with van der Waals surface area (Å²) in [6, 6.07) is 7.54. The molecular weight excluding hydrogens is 270 g/mol. The molecule has 0 spiro atoms. The fourth-order valence-corrected chi connectivity index (χ4v) is 2.12. The van der Waals surface area contributed by atoms with E-state index in [-0.39, 0.29) is 18.4 Å². The topological polar surface area (TPSA) is 73.2 Å². The third-order valence-corrected chi connectivity index (χ3v) is 3.17. The molecule has 1 aromatic heterocycles. The highest BCUT2D eigenvalue weighted by molar-refractivity contribution is 5.79. The van der Waals surface area contributed by atoms with Crippen LogP contribution in [-0.2, 0) is 27.4 Å². The summed E-state index contributed by atoms with van der Waals surface area (Å²) in [6.07, 6.45) is 1.28. The van der Waals surface area contributed by atoms with Gasteiger partial charge >= 0.3 is 5.97 Å². The van der Waals surface area contributed by atoms with Crippen molar-refractivity contribution in [2.45, 2.75) is 32.9 Å². The van der Waals surface area contributed by atoms with Gasteiger partial charge in [0.05, 0.1) is 24.7 Å². The number of amides is 1. The average molecular weight is 289 g/mol. The molecule has 2 aromatic rings. The molecule has 2 rings (SSSR count). The molecule has 0 aliphatic heterocycles. The Hall–Kier alpha value is -2.37. The zero-order chi connectivity index (χ0) is 15.2. The molecule has 6 heteroatoms. The minimum atomic E-state index is -0.348. The number of aromatic nitrogens is 2. The highest BCUT2D eigenvalue weighted by Gasteiger charge is 2.14. The smallest absolute Gasteiger partial charge is 0.325 e. The summed E-state index contributed by atoms with van der Waals surface area (Å²) in [6.45, 7) is 2.33. The van der Waals surface area contributed by atoms with Gasteiger partial charge in [-0.3, -0.25) is 9.59 Å². The highest BCUT2D eigenvalue weighted by atomic mass is 16.5. The van der Waals surface area contributed by atoms with Crippen molar-refractivity contribution in [2.24, 2.45) is 0 Å². The molecule has 112 valence electrons. The zero-order valence-electron chi connectivity index (χ0n) is 12.3. The van der Waals surface area contributed by atoms with Crippen molar-refractivity contribution in [3.63, 3.8) is 0 Å². The summed E-state index contributed by atoms with van der Waals surface area (Å²) in [7, 11) is 1.35. The van der Waals surface area contributed by atoms with Gasteiger partial charge in [-0.15, -0.1) is 0 Å². The van der Waals surface area contributed by atoms with Crippen LogP contribution < -0.4 is 5.32 Å². The van der Waals surface area contributed by atoms with Gasteiger partial charge in [0.2, 0.25) is 5.91 Å². The fraction of sp³-hybridized carbons (Fsp3) is 0.400. The molecule has 0 fully saturated rings. The largest absolute Gasteiger partial charge is 0.468 e. The summed E-state index contributed by atoms with van der Waals surface area (Å²) in [4.78, 5) is 27.6. The molecule has 0 saturated carbocycles. The maximum atomic E-state index is 11.6. The molecule has 1 N–H and O–H groups in total. The number of hydrogen-bond donors (Lipinski definition) is 1. The maximum absolute atomic E-state index is 11.6. The average Bonchev–Trinajstić information content (AvgIpc) is 2.83. The number of esters is 1. The Balaban J connectivity index is 2.26. The van der Waals surface area contributed by atoms with Gasteiger partial charge in [-0.1, -0.05) is 19.1 Å². The van der Waals surface area contributed by atoms with E-state index in [1.54, 1.807) is 4.57 Å². The summed E-state index contributed by atoms with van der Waals surface area (Å²) in [5.74, 6) is 0.277. The van der Waals surface area contributed by atoms with Gasteiger partial charge in [0.15, 0.2) is 0 Å². The lowest BCUT2D eigenvalue weighted by Gasteiger charge is -2.08. The number of nitrogens with zero attached hydrogens (tertiary/aromatic N) is 2. The van der Waals surface area contributed by atoms with Gasteiger partial charge in [-0.25, -0.2) is 4.98 Å². The Bertz CT molecular complexity index is 649. The number of methoxy groups -OCH3 is 1. The molecule has 0 aliphatic rings. The molecule has 0 bridgehead atoms. The Morgan fingerprint density at radius 2 is 2.10 bits per heavy atom. The first-order valence-corrected chi connectivity index (χ1v) is 6.93. The van der Waals surface area contributed by atoms with E-state index in [9.17, 15) is 9.59 Å². The minimum absolute atomic E-state index is 0.0193. The minimum Gasteiger partial charge on any atom is -0.468 e. The summed E-state index contributed by atoms with van der Waals surface area (Å²) in [5, 5.41) is 2.82. The van der Waals surface area contributed by atoms with E-state index in [4.69, 9.17) is 4.74 Å². The number of rotatable bonds is 6. The van der Waals surface area contributed by atoms with Gasteiger partial charge < -0.3 is 14.6 Å². The molecule has 0 atom stereocenters. The number of para-hydroxylation sites is 2. The van der Waals surface area contributed by atoms with Gasteiger partial charge in [-0.2, -0.15) is 0 Å². The predicted molar refractivity (Wildman–Crippen MR) is 78.5 cm³/mol. The number of imidazole rings is 1. The van der Waals surface area contributed by atoms with Crippen molar-refractivity contribution in [1.29, 1.82) is 0 Å². The molecule has 0 unspecified atom stereocenters. The van der Waals surface area contributed by atoms with Crippen LogP contribution in [0.25, 0.3) is 11.0 Å². The zero-order valence-corrected chi connectivity index (χ0v) is 12.3. The van der Waals surface area contributed by atoms with E-state index >= 15 is 0 Å². The Morgan fingerprint density at radius 1 is 1.33 bits per heavy atom. The number of carbonyl (C=O) groups is 2. The third kappa shape index (κ3) is 3.59. The number of nitrogens with one attached hydrogen (secondary N) is 1. The number of hydrogen-bond acceptors (Lipinski definition) is 4. The van der Waals surface area contributed by atoms with Crippen molar-refractivity contribution < 1.29 is 14.3 Å². The summed E-state index contributed by atoms with van der Waals surface area (Å²) < 4.78 is 6.49. The Kier molecular flexibility index (Phi) is 4.92. The van der Waals surface area contributed by atoms with Crippen molar-refractivity contribution in [3.8, 4) is 0 Å². The molecule has 1 aromatic carbocycles. The first-order valence-electron chi connectivity index (χ1n) is 6.93. The lowest BCUT2D eigenvalue weighted by molar-refractivity contribution is -0.141. The second-order valence-corrected chi connectivity index (χ2v) is 4.71.